The third-order valence-corrected chi connectivity index (χ3v) is 2.16. The molecule has 0 unspecified atom stereocenters. The second-order valence-corrected chi connectivity index (χ2v) is 3.29. The Kier molecular flexibility index (Phi) is 2.69. The Morgan fingerprint density at radius 2 is 1.93 bits per heavy atom. The van der Waals surface area contributed by atoms with Gasteiger partial charge >= 0.3 is 0 Å². The minimum Gasteiger partial charge on any atom is -0.326 e. The smallest absolute Gasteiger partial charge is 0.178 e. The average Bonchev–Trinajstić information content (AvgIpc) is 2.30. The lowest BCUT2D eigenvalue weighted by Crippen LogP contribution is -2.00. The van der Waals surface area contributed by atoms with Crippen LogP contribution in [0.1, 0.15) is 11.1 Å². The SMILES string of the molecule is Cc1cccnc1-c1ncc(CN)cn1. The monoisotopic (exact) mass is 200 g/mol. The molecule has 2 aromatic rings. The van der Waals surface area contributed by atoms with E-state index in [-0.39, 0.29) is 0 Å². The highest BCUT2D eigenvalue weighted by Gasteiger charge is 2.04. The molecular formula is C11H12N4. The third-order valence-electron chi connectivity index (χ3n) is 2.16. The summed E-state index contributed by atoms with van der Waals surface area (Å²) < 4.78 is 0. The van der Waals surface area contributed by atoms with Gasteiger partial charge in [-0.05, 0) is 18.6 Å². The van der Waals surface area contributed by atoms with Crippen molar-refractivity contribution in [1.29, 1.82) is 0 Å². The van der Waals surface area contributed by atoms with Crippen LogP contribution in [-0.2, 0) is 6.54 Å². The van der Waals surface area contributed by atoms with E-state index in [9.17, 15) is 0 Å². The van der Waals surface area contributed by atoms with Gasteiger partial charge in [0.05, 0.1) is 0 Å². The van der Waals surface area contributed by atoms with E-state index in [1.54, 1.807) is 18.6 Å². The molecule has 2 heterocycles. The van der Waals surface area contributed by atoms with Crippen LogP contribution in [0.2, 0.25) is 0 Å². The number of nitrogens with zero attached hydrogens (tertiary/aromatic N) is 3. The maximum Gasteiger partial charge on any atom is 0.178 e. The first-order chi connectivity index (χ1) is 7.31. The molecule has 0 aromatic carbocycles. The summed E-state index contributed by atoms with van der Waals surface area (Å²) in [5, 5.41) is 0. The highest BCUT2D eigenvalue weighted by atomic mass is 14.9. The maximum absolute atomic E-state index is 5.47. The van der Waals surface area contributed by atoms with Crippen molar-refractivity contribution in [1.82, 2.24) is 15.0 Å². The molecule has 0 spiro atoms. The van der Waals surface area contributed by atoms with Crippen molar-refractivity contribution in [2.75, 3.05) is 0 Å². The first-order valence-electron chi connectivity index (χ1n) is 4.74. The highest BCUT2D eigenvalue weighted by molar-refractivity contribution is 5.53. The number of aromatic nitrogens is 3. The molecule has 0 atom stereocenters. The van der Waals surface area contributed by atoms with E-state index in [4.69, 9.17) is 5.73 Å². The van der Waals surface area contributed by atoms with Crippen LogP contribution < -0.4 is 5.73 Å². The summed E-state index contributed by atoms with van der Waals surface area (Å²) in [5.41, 5.74) is 8.28. The summed E-state index contributed by atoms with van der Waals surface area (Å²) in [6.07, 6.45) is 5.20. The normalized spacial score (nSPS) is 10.3. The van der Waals surface area contributed by atoms with Gasteiger partial charge in [-0.25, -0.2) is 9.97 Å². The van der Waals surface area contributed by atoms with Gasteiger partial charge in [0, 0.05) is 30.7 Å². The van der Waals surface area contributed by atoms with Crippen molar-refractivity contribution in [2.24, 2.45) is 5.73 Å². The van der Waals surface area contributed by atoms with Crippen molar-refractivity contribution >= 4 is 0 Å². The first-order valence-corrected chi connectivity index (χ1v) is 4.74. The van der Waals surface area contributed by atoms with E-state index in [1.165, 1.54) is 0 Å². The topological polar surface area (TPSA) is 64.7 Å². The number of hydrogen-bond donors (Lipinski definition) is 1. The van der Waals surface area contributed by atoms with Crippen molar-refractivity contribution in [2.45, 2.75) is 13.5 Å². The van der Waals surface area contributed by atoms with Gasteiger partial charge in [0.25, 0.3) is 0 Å². The molecule has 0 radical (unpaired) electrons. The minimum atomic E-state index is 0.460. The van der Waals surface area contributed by atoms with Crippen LogP contribution in [0.4, 0.5) is 0 Å². The standard InChI is InChI=1S/C11H12N4/c1-8-3-2-4-13-10(8)11-14-6-9(5-12)7-15-11/h2-4,6-7H,5,12H2,1H3. The Bertz CT molecular complexity index is 450. The molecule has 4 nitrogen and oxygen atoms in total. The van der Waals surface area contributed by atoms with Gasteiger partial charge in [0.1, 0.15) is 5.69 Å². The number of aryl methyl sites for hydroxylation is 1. The van der Waals surface area contributed by atoms with Gasteiger partial charge in [-0.15, -0.1) is 0 Å². The largest absolute Gasteiger partial charge is 0.326 e. The average molecular weight is 200 g/mol. The van der Waals surface area contributed by atoms with Crippen LogP contribution in [0, 0.1) is 6.92 Å². The van der Waals surface area contributed by atoms with Gasteiger partial charge in [-0.3, -0.25) is 4.98 Å². The highest BCUT2D eigenvalue weighted by Crippen LogP contribution is 2.15. The van der Waals surface area contributed by atoms with E-state index in [0.717, 1.165) is 16.8 Å². The lowest BCUT2D eigenvalue weighted by atomic mass is 10.2. The van der Waals surface area contributed by atoms with Crippen LogP contribution in [0.15, 0.2) is 30.7 Å². The van der Waals surface area contributed by atoms with Gasteiger partial charge in [0.15, 0.2) is 5.82 Å². The molecule has 0 fully saturated rings. The van der Waals surface area contributed by atoms with Crippen LogP contribution in [0.25, 0.3) is 11.5 Å². The Labute approximate surface area is 88.2 Å². The number of pyridine rings is 1. The molecule has 0 aliphatic rings. The predicted octanol–water partition coefficient (Wildman–Crippen LogP) is 1.31. The summed E-state index contributed by atoms with van der Waals surface area (Å²) in [4.78, 5) is 12.7. The molecule has 0 bridgehead atoms. The minimum absolute atomic E-state index is 0.460. The molecule has 0 saturated heterocycles. The van der Waals surface area contributed by atoms with Crippen LogP contribution in [0.5, 0.6) is 0 Å². The molecule has 2 rings (SSSR count). The summed E-state index contributed by atoms with van der Waals surface area (Å²) in [7, 11) is 0. The van der Waals surface area contributed by atoms with E-state index in [1.807, 2.05) is 19.1 Å². The number of rotatable bonds is 2. The lowest BCUT2D eigenvalue weighted by molar-refractivity contribution is 1.00. The molecule has 76 valence electrons. The Balaban J connectivity index is 2.42. The van der Waals surface area contributed by atoms with Crippen LogP contribution in [-0.4, -0.2) is 15.0 Å². The zero-order valence-corrected chi connectivity index (χ0v) is 8.51. The Morgan fingerprint density at radius 1 is 1.20 bits per heavy atom. The summed E-state index contributed by atoms with van der Waals surface area (Å²) in [6, 6.07) is 3.88. The van der Waals surface area contributed by atoms with Crippen molar-refractivity contribution < 1.29 is 0 Å². The van der Waals surface area contributed by atoms with E-state index >= 15 is 0 Å². The van der Waals surface area contributed by atoms with E-state index in [0.29, 0.717) is 12.4 Å². The second kappa shape index (κ2) is 4.14. The number of nitrogens with two attached hydrogens (primary N) is 1. The molecule has 0 amide bonds. The molecule has 2 aromatic heterocycles. The molecule has 0 aliphatic heterocycles. The molecule has 0 saturated carbocycles. The fourth-order valence-electron chi connectivity index (χ4n) is 1.30. The van der Waals surface area contributed by atoms with Crippen LogP contribution >= 0.6 is 0 Å². The van der Waals surface area contributed by atoms with Gasteiger partial charge in [-0.2, -0.15) is 0 Å². The van der Waals surface area contributed by atoms with Gasteiger partial charge in [-0.1, -0.05) is 6.07 Å². The molecular weight excluding hydrogens is 188 g/mol. The second-order valence-electron chi connectivity index (χ2n) is 3.29. The lowest BCUT2D eigenvalue weighted by Gasteiger charge is -2.02. The summed E-state index contributed by atoms with van der Waals surface area (Å²) >= 11 is 0. The van der Waals surface area contributed by atoms with Gasteiger partial charge in [0.2, 0.25) is 0 Å². The Morgan fingerprint density at radius 3 is 2.53 bits per heavy atom. The molecule has 2 N–H and O–H groups in total. The summed E-state index contributed by atoms with van der Waals surface area (Å²) in [5.74, 6) is 0.644. The Hall–Kier alpha value is -1.81. The van der Waals surface area contributed by atoms with Crippen molar-refractivity contribution in [3.8, 4) is 11.5 Å². The molecule has 4 heteroatoms. The van der Waals surface area contributed by atoms with E-state index in [2.05, 4.69) is 15.0 Å². The predicted molar refractivity (Wildman–Crippen MR) is 57.9 cm³/mol. The van der Waals surface area contributed by atoms with Crippen molar-refractivity contribution in [3.63, 3.8) is 0 Å². The molecule has 0 aliphatic carbocycles. The first kappa shape index (κ1) is 9.73. The molecule has 15 heavy (non-hydrogen) atoms. The zero-order valence-electron chi connectivity index (χ0n) is 8.51. The maximum atomic E-state index is 5.47. The number of hydrogen-bond acceptors (Lipinski definition) is 4. The fourth-order valence-corrected chi connectivity index (χ4v) is 1.30. The summed E-state index contributed by atoms with van der Waals surface area (Å²) in [6.45, 7) is 2.45. The van der Waals surface area contributed by atoms with Crippen molar-refractivity contribution in [3.05, 3.63) is 41.9 Å². The van der Waals surface area contributed by atoms with Gasteiger partial charge < -0.3 is 5.73 Å². The van der Waals surface area contributed by atoms with E-state index < -0.39 is 0 Å². The third kappa shape index (κ3) is 1.99. The fraction of sp³-hybridized carbons (Fsp3) is 0.182. The zero-order chi connectivity index (χ0) is 10.7. The van der Waals surface area contributed by atoms with Crippen LogP contribution in [0.3, 0.4) is 0 Å². The quantitative estimate of drug-likeness (QED) is 0.793.